The molecule has 1 aliphatic rings. The summed E-state index contributed by atoms with van der Waals surface area (Å²) in [4.78, 5) is 10.4. The molecule has 0 bridgehead atoms. The first-order chi connectivity index (χ1) is 38.7. The van der Waals surface area contributed by atoms with Gasteiger partial charge in [0.15, 0.2) is 5.84 Å². The van der Waals surface area contributed by atoms with Crippen molar-refractivity contribution < 1.29 is 20.9 Å². The highest BCUT2D eigenvalue weighted by Gasteiger charge is 2.26. The molecule has 1 unspecified atom stereocenters. The van der Waals surface area contributed by atoms with Gasteiger partial charge in [-0.2, -0.15) is 0 Å². The van der Waals surface area contributed by atoms with Crippen LogP contribution < -0.4 is 5.32 Å². The van der Waals surface area contributed by atoms with E-state index >= 15 is 0 Å². The molecule has 12 aromatic rings. The van der Waals surface area contributed by atoms with Gasteiger partial charge in [-0.05, 0) is 98.5 Å². The Bertz CT molecular complexity index is 4610. The molecular formula is C63H42N4O. The van der Waals surface area contributed by atoms with Crippen LogP contribution in [0.2, 0.25) is 0 Å². The first-order valence-corrected chi connectivity index (χ1v) is 22.1. The van der Waals surface area contributed by atoms with Gasteiger partial charge in [0.05, 0.1) is 33.2 Å². The van der Waals surface area contributed by atoms with Gasteiger partial charge in [0.25, 0.3) is 0 Å². The Hall–Kier alpha value is -9.06. The zero-order chi connectivity index (χ0) is 55.4. The second-order valence-corrected chi connectivity index (χ2v) is 16.5. The van der Waals surface area contributed by atoms with Crippen LogP contribution in [-0.2, 0) is 0 Å². The lowest BCUT2D eigenvalue weighted by Gasteiger charge is -2.25. The van der Waals surface area contributed by atoms with Gasteiger partial charge in [0, 0.05) is 32.7 Å². The zero-order valence-corrected chi connectivity index (χ0v) is 36.0. The number of rotatable bonds is 8. The van der Waals surface area contributed by atoms with Gasteiger partial charge in [0.1, 0.15) is 23.2 Å². The smallest absolute Gasteiger partial charge is 0.159 e. The fourth-order valence-electron chi connectivity index (χ4n) is 9.08. The number of para-hydroxylation sites is 2. The molecule has 320 valence electrons. The summed E-state index contributed by atoms with van der Waals surface area (Å²) in [7, 11) is 0. The second kappa shape index (κ2) is 16.4. The summed E-state index contributed by atoms with van der Waals surface area (Å²) in [6.45, 7) is 0. The molecule has 0 saturated carbocycles. The fraction of sp³-hybridized carbons (Fsp3) is 0.0159. The highest BCUT2D eigenvalue weighted by molar-refractivity contribution is 6.17. The maximum atomic E-state index is 9.85. The molecule has 13 rings (SSSR count). The van der Waals surface area contributed by atoms with E-state index in [-0.39, 0.29) is 33.3 Å². The summed E-state index contributed by atoms with van der Waals surface area (Å²) in [6.07, 6.45) is -0.726. The van der Waals surface area contributed by atoms with Crippen molar-refractivity contribution in [3.8, 4) is 50.2 Å². The minimum atomic E-state index is -0.726. The lowest BCUT2D eigenvalue weighted by Crippen LogP contribution is -2.34. The van der Waals surface area contributed by atoms with Crippen LogP contribution in [-0.4, -0.2) is 16.2 Å². The fourth-order valence-corrected chi connectivity index (χ4v) is 9.08. The van der Waals surface area contributed by atoms with Crippen molar-refractivity contribution in [3.05, 3.63) is 259 Å². The predicted molar refractivity (Wildman–Crippen MR) is 282 cm³/mol. The van der Waals surface area contributed by atoms with Gasteiger partial charge in [-0.3, -0.25) is 0 Å². The molecule has 0 aliphatic carbocycles. The Morgan fingerprint density at radius 2 is 1.04 bits per heavy atom. The van der Waals surface area contributed by atoms with E-state index in [4.69, 9.17) is 24.0 Å². The quantitative estimate of drug-likeness (QED) is 0.165. The van der Waals surface area contributed by atoms with Crippen LogP contribution in [0.15, 0.2) is 257 Å². The maximum Gasteiger partial charge on any atom is 0.159 e. The molecule has 5 nitrogen and oxygen atoms in total. The minimum Gasteiger partial charge on any atom is -0.456 e. The third-order valence-corrected chi connectivity index (χ3v) is 12.4. The molecule has 0 amide bonds. The van der Waals surface area contributed by atoms with Crippen LogP contribution in [0.3, 0.4) is 0 Å². The van der Waals surface area contributed by atoms with E-state index < -0.39 is 89.8 Å². The summed E-state index contributed by atoms with van der Waals surface area (Å²) in [5, 5.41) is 5.09. The molecular weight excluding hydrogens is 829 g/mol. The van der Waals surface area contributed by atoms with Gasteiger partial charge in [-0.25, -0.2) is 9.98 Å². The lowest BCUT2D eigenvalue weighted by atomic mass is 9.96. The molecule has 1 N–H and O–H groups in total. The van der Waals surface area contributed by atoms with Gasteiger partial charge in [-0.15, -0.1) is 0 Å². The SMILES string of the molecule is [2H]c1c([2H])c([2H])c(-c2c([2H])c([2H])c3c(c2[2H])c2c([2H])c([2H])c([2H])c([2H])c2n3-c2ccc(-c3ccc(-c4ccc(-c5ccccc5)cc4)cc3)cc2C2=NC(c3ccc4c(c3)oc3ccccc34)=NC(c3ccccc3)N2)c([2H])c1[2H]. The first kappa shape index (κ1) is 28.8. The monoisotopic (exact) mass is 882 g/mol. The van der Waals surface area contributed by atoms with E-state index in [1.807, 2.05) is 127 Å². The standard InChI is InChI=1S/C63H42N4O/c1-4-14-41(15-5-1)43-24-26-44(27-25-43)45-28-30-46(31-29-45)49-34-37-58(67-56-22-12-10-20-51(56)54-38-48(33-36-57(54)67)42-16-6-2-7-17-42)55(39-49)63-65-61(47-18-8-3-9-19-47)64-62(66-63)50-32-35-53-52-21-11-13-23-59(52)68-60(53)40-50/h1-40,61H,(H,64,65,66)/i2D,6D,7D,10D,12D,16D,17D,20D,22D,33D,36D,38D. The molecule has 2 aromatic heterocycles. The van der Waals surface area contributed by atoms with Gasteiger partial charge in [-0.1, -0.05) is 194 Å². The molecule has 1 atom stereocenters. The maximum absolute atomic E-state index is 9.85. The van der Waals surface area contributed by atoms with Crippen LogP contribution in [0, 0.1) is 0 Å². The van der Waals surface area contributed by atoms with E-state index in [1.165, 1.54) is 4.57 Å². The molecule has 0 saturated heterocycles. The van der Waals surface area contributed by atoms with Gasteiger partial charge >= 0.3 is 0 Å². The van der Waals surface area contributed by atoms with Crippen molar-refractivity contribution in [3.63, 3.8) is 0 Å². The molecule has 68 heavy (non-hydrogen) atoms. The number of fused-ring (bicyclic) bond motifs is 6. The second-order valence-electron chi connectivity index (χ2n) is 16.5. The molecule has 10 aromatic carbocycles. The largest absolute Gasteiger partial charge is 0.456 e. The average molecular weight is 883 g/mol. The van der Waals surface area contributed by atoms with E-state index in [0.717, 1.165) is 55.3 Å². The number of hydrogen-bond acceptors (Lipinski definition) is 4. The van der Waals surface area contributed by atoms with Gasteiger partial charge < -0.3 is 14.3 Å². The average Bonchev–Trinajstić information content (AvgIpc) is 4.18. The molecule has 0 spiro atoms. The highest BCUT2D eigenvalue weighted by atomic mass is 16.3. The summed E-state index contributed by atoms with van der Waals surface area (Å²) >= 11 is 0. The van der Waals surface area contributed by atoms with E-state index in [0.29, 0.717) is 22.5 Å². The topological polar surface area (TPSA) is 54.8 Å². The number of benzene rings is 10. The lowest BCUT2D eigenvalue weighted by molar-refractivity contribution is 0.667. The third kappa shape index (κ3) is 6.97. The van der Waals surface area contributed by atoms with Crippen LogP contribution in [0.5, 0.6) is 0 Å². The van der Waals surface area contributed by atoms with Crippen LogP contribution in [0.1, 0.15) is 39.3 Å². The van der Waals surface area contributed by atoms with Crippen molar-refractivity contribution in [1.82, 2.24) is 9.88 Å². The van der Waals surface area contributed by atoms with Crippen LogP contribution >= 0.6 is 0 Å². The normalized spacial score (nSPS) is 16.2. The van der Waals surface area contributed by atoms with Crippen molar-refractivity contribution in [2.45, 2.75) is 6.17 Å². The van der Waals surface area contributed by atoms with Crippen molar-refractivity contribution in [2.75, 3.05) is 0 Å². The third-order valence-electron chi connectivity index (χ3n) is 12.4. The summed E-state index contributed by atoms with van der Waals surface area (Å²) in [5.41, 5.74) is 7.98. The molecule has 5 heteroatoms. The van der Waals surface area contributed by atoms with E-state index in [9.17, 15) is 6.85 Å². The molecule has 1 aliphatic heterocycles. The van der Waals surface area contributed by atoms with Gasteiger partial charge in [0.2, 0.25) is 0 Å². The van der Waals surface area contributed by atoms with E-state index in [2.05, 4.69) is 41.7 Å². The van der Waals surface area contributed by atoms with Crippen molar-refractivity contribution in [1.29, 1.82) is 0 Å². The molecule has 3 heterocycles. The Morgan fingerprint density at radius 1 is 0.441 bits per heavy atom. The number of nitrogens with one attached hydrogen (secondary N) is 1. The summed E-state index contributed by atoms with van der Waals surface area (Å²) < 4.78 is 117. The highest BCUT2D eigenvalue weighted by Crippen LogP contribution is 2.38. The predicted octanol–water partition coefficient (Wildman–Crippen LogP) is 15.8. The first-order valence-electron chi connectivity index (χ1n) is 28.1. The Labute approximate surface area is 410 Å². The van der Waals surface area contributed by atoms with Crippen LogP contribution in [0.25, 0.3) is 93.9 Å². The number of aromatic nitrogens is 1. The summed E-state index contributed by atoms with van der Waals surface area (Å²) in [6, 6.07) is 47.8. The zero-order valence-electron chi connectivity index (χ0n) is 48.0. The van der Waals surface area contributed by atoms with E-state index in [1.54, 1.807) is 6.07 Å². The number of aliphatic imine (C=N–C) groups is 2. The number of nitrogens with zero attached hydrogens (tertiary/aromatic N) is 3. The number of hydrogen-bond donors (Lipinski definition) is 1. The summed E-state index contributed by atoms with van der Waals surface area (Å²) in [5.74, 6) is 0.625. The molecule has 0 fully saturated rings. The molecule has 0 radical (unpaired) electrons. The Balaban J connectivity index is 1.07. The Kier molecular flexibility index (Phi) is 6.95. The Morgan fingerprint density at radius 3 is 1.81 bits per heavy atom. The van der Waals surface area contributed by atoms with Crippen LogP contribution in [0.4, 0.5) is 0 Å². The van der Waals surface area contributed by atoms with Crippen molar-refractivity contribution in [2.24, 2.45) is 9.98 Å². The van der Waals surface area contributed by atoms with Crippen molar-refractivity contribution >= 4 is 55.4 Å². The number of furan rings is 1. The minimum absolute atomic E-state index is 0.123. The number of amidine groups is 2.